The van der Waals surface area contributed by atoms with Crippen LogP contribution in [0, 0.1) is 5.92 Å². The number of nitrogens with two attached hydrogens (primary N) is 1. The zero-order valence-electron chi connectivity index (χ0n) is 11.2. The Labute approximate surface area is 117 Å². The van der Waals surface area contributed by atoms with Crippen LogP contribution in [0.5, 0.6) is 0 Å². The molecule has 0 aliphatic carbocycles. The molecule has 0 saturated carbocycles. The maximum absolute atomic E-state index is 6.06. The molecule has 0 aliphatic heterocycles. The van der Waals surface area contributed by atoms with Crippen molar-refractivity contribution < 1.29 is 0 Å². The molecular formula is C14H20BrN3. The Morgan fingerprint density at radius 2 is 2.11 bits per heavy atom. The Morgan fingerprint density at radius 1 is 1.39 bits per heavy atom. The number of nitrogens with zero attached hydrogens (tertiary/aromatic N) is 2. The van der Waals surface area contributed by atoms with Crippen molar-refractivity contribution in [3.05, 3.63) is 22.7 Å². The van der Waals surface area contributed by atoms with Crippen LogP contribution >= 0.6 is 15.9 Å². The van der Waals surface area contributed by atoms with E-state index in [4.69, 9.17) is 5.73 Å². The highest BCUT2D eigenvalue weighted by Crippen LogP contribution is 2.29. The van der Waals surface area contributed by atoms with Crippen LogP contribution < -0.4 is 5.73 Å². The van der Waals surface area contributed by atoms with Gasteiger partial charge in [0.25, 0.3) is 0 Å². The van der Waals surface area contributed by atoms with Gasteiger partial charge in [-0.05, 0) is 37.5 Å². The van der Waals surface area contributed by atoms with Crippen LogP contribution in [-0.2, 0) is 0 Å². The molecule has 18 heavy (non-hydrogen) atoms. The maximum Gasteiger partial charge on any atom is 0.201 e. The van der Waals surface area contributed by atoms with E-state index in [1.165, 1.54) is 6.42 Å². The maximum atomic E-state index is 6.06. The number of imidazole rings is 1. The lowest BCUT2D eigenvalue weighted by Crippen LogP contribution is -2.11. The molecule has 0 amide bonds. The smallest absolute Gasteiger partial charge is 0.201 e. The van der Waals surface area contributed by atoms with Crippen molar-refractivity contribution in [3.8, 4) is 0 Å². The number of benzene rings is 1. The van der Waals surface area contributed by atoms with Crippen molar-refractivity contribution >= 4 is 32.9 Å². The standard InChI is InChI=1S/C14H20BrN3/c1-4-9(2)7-10(3)18-13-8-11(15)5-6-12(13)17-14(18)16/h5-6,8-10H,4,7H2,1-3H3,(H2,16,17). The number of rotatable bonds is 4. The average Bonchev–Trinajstić information content (AvgIpc) is 2.64. The lowest BCUT2D eigenvalue weighted by atomic mass is 10.00. The van der Waals surface area contributed by atoms with Crippen LogP contribution in [0.1, 0.15) is 39.7 Å². The van der Waals surface area contributed by atoms with Crippen molar-refractivity contribution in [1.82, 2.24) is 9.55 Å². The summed E-state index contributed by atoms with van der Waals surface area (Å²) in [5.74, 6) is 1.31. The predicted octanol–water partition coefficient (Wildman–Crippen LogP) is 4.38. The molecule has 0 fully saturated rings. The number of hydrogen-bond donors (Lipinski definition) is 1. The van der Waals surface area contributed by atoms with E-state index >= 15 is 0 Å². The summed E-state index contributed by atoms with van der Waals surface area (Å²) in [5, 5.41) is 0. The van der Waals surface area contributed by atoms with E-state index in [-0.39, 0.29) is 0 Å². The Morgan fingerprint density at radius 3 is 2.78 bits per heavy atom. The molecule has 1 aromatic carbocycles. The summed E-state index contributed by atoms with van der Waals surface area (Å²) in [7, 11) is 0. The van der Waals surface area contributed by atoms with Crippen LogP contribution in [0.4, 0.5) is 5.95 Å². The van der Waals surface area contributed by atoms with Crippen LogP contribution in [0.15, 0.2) is 22.7 Å². The van der Waals surface area contributed by atoms with Gasteiger partial charge in [-0.1, -0.05) is 36.2 Å². The summed E-state index contributed by atoms with van der Waals surface area (Å²) in [6.45, 7) is 6.72. The first-order valence-electron chi connectivity index (χ1n) is 6.45. The van der Waals surface area contributed by atoms with E-state index in [9.17, 15) is 0 Å². The Bertz CT molecular complexity index is 547. The summed E-state index contributed by atoms with van der Waals surface area (Å²) in [4.78, 5) is 4.43. The lowest BCUT2D eigenvalue weighted by Gasteiger charge is -2.19. The quantitative estimate of drug-likeness (QED) is 0.911. The van der Waals surface area contributed by atoms with Crippen LogP contribution in [0.25, 0.3) is 11.0 Å². The number of fused-ring (bicyclic) bond motifs is 1. The van der Waals surface area contributed by atoms with Gasteiger partial charge in [-0.25, -0.2) is 4.98 Å². The van der Waals surface area contributed by atoms with Gasteiger partial charge in [0.2, 0.25) is 5.95 Å². The summed E-state index contributed by atoms with van der Waals surface area (Å²) < 4.78 is 3.21. The van der Waals surface area contributed by atoms with Gasteiger partial charge < -0.3 is 10.3 Å². The van der Waals surface area contributed by atoms with Crippen molar-refractivity contribution in [2.75, 3.05) is 5.73 Å². The zero-order chi connectivity index (χ0) is 13.3. The fraction of sp³-hybridized carbons (Fsp3) is 0.500. The van der Waals surface area contributed by atoms with Crippen LogP contribution in [0.3, 0.4) is 0 Å². The van der Waals surface area contributed by atoms with E-state index in [0.29, 0.717) is 17.9 Å². The molecule has 1 aromatic heterocycles. The summed E-state index contributed by atoms with van der Waals surface area (Å²) in [5.41, 5.74) is 8.13. The predicted molar refractivity (Wildman–Crippen MR) is 80.6 cm³/mol. The minimum absolute atomic E-state index is 0.374. The minimum atomic E-state index is 0.374. The Balaban J connectivity index is 2.42. The van der Waals surface area contributed by atoms with E-state index in [2.05, 4.69) is 52.3 Å². The number of hydrogen-bond acceptors (Lipinski definition) is 2. The second kappa shape index (κ2) is 5.31. The summed E-state index contributed by atoms with van der Waals surface area (Å²) >= 11 is 3.51. The fourth-order valence-corrected chi connectivity index (χ4v) is 2.75. The van der Waals surface area contributed by atoms with Gasteiger partial charge in [0.15, 0.2) is 0 Å². The summed E-state index contributed by atoms with van der Waals surface area (Å²) in [6.07, 6.45) is 2.32. The molecule has 0 saturated heterocycles. The molecular weight excluding hydrogens is 290 g/mol. The van der Waals surface area contributed by atoms with E-state index in [0.717, 1.165) is 21.9 Å². The molecule has 2 unspecified atom stereocenters. The Hall–Kier alpha value is -1.03. The minimum Gasteiger partial charge on any atom is -0.369 e. The molecule has 4 heteroatoms. The SMILES string of the molecule is CCC(C)CC(C)n1c(N)nc2ccc(Br)cc21. The third-order valence-electron chi connectivity index (χ3n) is 3.56. The molecule has 2 rings (SSSR count). The van der Waals surface area contributed by atoms with Crippen molar-refractivity contribution in [2.45, 2.75) is 39.7 Å². The van der Waals surface area contributed by atoms with Gasteiger partial charge in [0.1, 0.15) is 0 Å². The highest BCUT2D eigenvalue weighted by molar-refractivity contribution is 9.10. The van der Waals surface area contributed by atoms with Gasteiger partial charge in [0.05, 0.1) is 11.0 Å². The molecule has 2 N–H and O–H groups in total. The molecule has 0 spiro atoms. The third kappa shape index (κ3) is 2.53. The molecule has 0 aliphatic rings. The molecule has 2 atom stereocenters. The van der Waals surface area contributed by atoms with Gasteiger partial charge in [0, 0.05) is 10.5 Å². The second-order valence-electron chi connectivity index (χ2n) is 5.07. The zero-order valence-corrected chi connectivity index (χ0v) is 12.7. The van der Waals surface area contributed by atoms with Crippen molar-refractivity contribution in [1.29, 1.82) is 0 Å². The molecule has 0 radical (unpaired) electrons. The number of aromatic nitrogens is 2. The Kier molecular flexibility index (Phi) is 3.95. The van der Waals surface area contributed by atoms with Crippen molar-refractivity contribution in [2.24, 2.45) is 5.92 Å². The van der Waals surface area contributed by atoms with E-state index in [1.54, 1.807) is 0 Å². The number of anilines is 1. The average molecular weight is 310 g/mol. The first kappa shape index (κ1) is 13.4. The lowest BCUT2D eigenvalue weighted by molar-refractivity contribution is 0.407. The first-order chi connectivity index (χ1) is 8.52. The summed E-state index contributed by atoms with van der Waals surface area (Å²) in [6, 6.07) is 6.46. The monoisotopic (exact) mass is 309 g/mol. The first-order valence-corrected chi connectivity index (χ1v) is 7.25. The van der Waals surface area contributed by atoms with E-state index in [1.807, 2.05) is 12.1 Å². The van der Waals surface area contributed by atoms with Gasteiger partial charge >= 0.3 is 0 Å². The molecule has 1 heterocycles. The fourth-order valence-electron chi connectivity index (χ4n) is 2.40. The van der Waals surface area contributed by atoms with Gasteiger partial charge in [-0.3, -0.25) is 0 Å². The second-order valence-corrected chi connectivity index (χ2v) is 5.99. The highest BCUT2D eigenvalue weighted by atomic mass is 79.9. The largest absolute Gasteiger partial charge is 0.369 e. The van der Waals surface area contributed by atoms with Gasteiger partial charge in [-0.15, -0.1) is 0 Å². The number of nitrogen functional groups attached to an aromatic ring is 1. The van der Waals surface area contributed by atoms with Gasteiger partial charge in [-0.2, -0.15) is 0 Å². The normalized spacial score (nSPS) is 14.9. The topological polar surface area (TPSA) is 43.8 Å². The molecule has 2 aromatic rings. The molecule has 98 valence electrons. The highest BCUT2D eigenvalue weighted by Gasteiger charge is 2.16. The molecule has 0 bridgehead atoms. The molecule has 3 nitrogen and oxygen atoms in total. The number of halogens is 1. The van der Waals surface area contributed by atoms with Crippen LogP contribution in [-0.4, -0.2) is 9.55 Å². The van der Waals surface area contributed by atoms with Crippen molar-refractivity contribution in [3.63, 3.8) is 0 Å². The van der Waals surface area contributed by atoms with E-state index < -0.39 is 0 Å². The van der Waals surface area contributed by atoms with Crippen LogP contribution in [0.2, 0.25) is 0 Å². The third-order valence-corrected chi connectivity index (χ3v) is 4.05.